The van der Waals surface area contributed by atoms with Gasteiger partial charge in [-0.2, -0.15) is 0 Å². The molecule has 5 nitrogen and oxygen atoms in total. The highest BCUT2D eigenvalue weighted by molar-refractivity contribution is 6.02. The van der Waals surface area contributed by atoms with Crippen LogP contribution in [0.25, 0.3) is 0 Å². The van der Waals surface area contributed by atoms with Crippen LogP contribution in [0.3, 0.4) is 0 Å². The molecule has 1 unspecified atom stereocenters. The summed E-state index contributed by atoms with van der Waals surface area (Å²) in [5, 5.41) is 2.82. The quantitative estimate of drug-likeness (QED) is 0.846. The number of ether oxygens (including phenoxy) is 2. The lowest BCUT2D eigenvalue weighted by Crippen LogP contribution is -2.49. The van der Waals surface area contributed by atoms with Crippen LogP contribution in [-0.4, -0.2) is 24.6 Å². The lowest BCUT2D eigenvalue weighted by molar-refractivity contribution is -0.134. The van der Waals surface area contributed by atoms with E-state index in [9.17, 15) is 9.59 Å². The van der Waals surface area contributed by atoms with Crippen molar-refractivity contribution >= 4 is 17.6 Å². The van der Waals surface area contributed by atoms with Crippen LogP contribution in [0.1, 0.15) is 48.2 Å². The molecule has 1 heterocycles. The number of anilines is 1. The van der Waals surface area contributed by atoms with E-state index in [1.165, 1.54) is 0 Å². The van der Waals surface area contributed by atoms with Gasteiger partial charge in [-0.25, -0.2) is 4.79 Å². The Kier molecular flexibility index (Phi) is 4.72. The SMILES string of the molecule is COc1ccc(NC(=O)C2(C)Cc3cc(C(C)C)ccc3C(=O)O2)cc1. The Labute approximate surface area is 153 Å². The average molecular weight is 353 g/mol. The maximum Gasteiger partial charge on any atom is 0.339 e. The molecule has 1 aliphatic heterocycles. The lowest BCUT2D eigenvalue weighted by atomic mass is 9.86. The van der Waals surface area contributed by atoms with Crippen LogP contribution in [-0.2, 0) is 16.0 Å². The number of esters is 1. The molecule has 1 aliphatic rings. The van der Waals surface area contributed by atoms with Gasteiger partial charge in [-0.05, 0) is 54.3 Å². The van der Waals surface area contributed by atoms with E-state index in [-0.39, 0.29) is 5.91 Å². The molecular weight excluding hydrogens is 330 g/mol. The van der Waals surface area contributed by atoms with Crippen LogP contribution in [0.4, 0.5) is 5.69 Å². The predicted octanol–water partition coefficient (Wildman–Crippen LogP) is 3.93. The number of carbonyl (C=O) groups excluding carboxylic acids is 2. The second kappa shape index (κ2) is 6.83. The van der Waals surface area contributed by atoms with Gasteiger partial charge in [0.1, 0.15) is 5.75 Å². The Morgan fingerprint density at radius 3 is 2.50 bits per heavy atom. The molecule has 0 fully saturated rings. The molecule has 136 valence electrons. The fourth-order valence-electron chi connectivity index (χ4n) is 3.04. The van der Waals surface area contributed by atoms with Gasteiger partial charge in [0, 0.05) is 12.1 Å². The summed E-state index contributed by atoms with van der Waals surface area (Å²) >= 11 is 0. The number of benzene rings is 2. The third kappa shape index (κ3) is 3.43. The molecule has 0 radical (unpaired) electrons. The van der Waals surface area contributed by atoms with Gasteiger partial charge >= 0.3 is 5.97 Å². The zero-order valence-corrected chi connectivity index (χ0v) is 15.5. The summed E-state index contributed by atoms with van der Waals surface area (Å²) in [7, 11) is 1.58. The molecule has 2 aromatic rings. The van der Waals surface area contributed by atoms with Crippen LogP contribution in [0.2, 0.25) is 0 Å². The zero-order valence-electron chi connectivity index (χ0n) is 15.5. The summed E-state index contributed by atoms with van der Waals surface area (Å²) in [6.45, 7) is 5.84. The van der Waals surface area contributed by atoms with Crippen molar-refractivity contribution in [3.63, 3.8) is 0 Å². The van der Waals surface area contributed by atoms with Gasteiger partial charge in [0.05, 0.1) is 12.7 Å². The van der Waals surface area contributed by atoms with E-state index in [2.05, 4.69) is 19.2 Å². The van der Waals surface area contributed by atoms with Crippen LogP contribution in [0.15, 0.2) is 42.5 Å². The molecule has 26 heavy (non-hydrogen) atoms. The molecule has 0 aliphatic carbocycles. The first-order valence-corrected chi connectivity index (χ1v) is 8.64. The van der Waals surface area contributed by atoms with Crippen molar-refractivity contribution in [2.75, 3.05) is 12.4 Å². The van der Waals surface area contributed by atoms with Crippen molar-refractivity contribution in [2.24, 2.45) is 0 Å². The van der Waals surface area contributed by atoms with Gasteiger partial charge in [-0.3, -0.25) is 4.79 Å². The third-order valence-corrected chi connectivity index (χ3v) is 4.69. The molecular formula is C21H23NO4. The van der Waals surface area contributed by atoms with Gasteiger partial charge in [-0.1, -0.05) is 26.0 Å². The van der Waals surface area contributed by atoms with E-state index < -0.39 is 11.6 Å². The molecule has 5 heteroatoms. The first kappa shape index (κ1) is 18.0. The summed E-state index contributed by atoms with van der Waals surface area (Å²) in [6, 6.07) is 12.7. The summed E-state index contributed by atoms with van der Waals surface area (Å²) in [5.74, 6) is 0.233. The van der Waals surface area contributed by atoms with Crippen molar-refractivity contribution in [1.29, 1.82) is 0 Å². The highest BCUT2D eigenvalue weighted by Gasteiger charge is 2.42. The fraction of sp³-hybridized carbons (Fsp3) is 0.333. The maximum absolute atomic E-state index is 12.8. The monoisotopic (exact) mass is 353 g/mol. The number of rotatable bonds is 4. The van der Waals surface area contributed by atoms with Gasteiger partial charge in [-0.15, -0.1) is 0 Å². The second-order valence-corrected chi connectivity index (χ2v) is 7.05. The molecule has 3 rings (SSSR count). The van der Waals surface area contributed by atoms with E-state index in [4.69, 9.17) is 9.47 Å². The minimum absolute atomic E-state index is 0.344. The molecule has 1 N–H and O–H groups in total. The summed E-state index contributed by atoms with van der Waals surface area (Å²) in [6.07, 6.45) is 0.344. The number of carbonyl (C=O) groups is 2. The number of nitrogens with one attached hydrogen (secondary N) is 1. The molecule has 1 amide bonds. The Hall–Kier alpha value is -2.82. The highest BCUT2D eigenvalue weighted by atomic mass is 16.6. The molecule has 0 spiro atoms. The number of methoxy groups -OCH3 is 1. The highest BCUT2D eigenvalue weighted by Crippen LogP contribution is 2.31. The standard InChI is InChI=1S/C21H23NO4/c1-13(2)14-5-10-18-15(11-14)12-21(3,26-19(18)23)20(24)22-16-6-8-17(25-4)9-7-16/h5-11,13H,12H2,1-4H3,(H,22,24). The molecule has 2 aromatic carbocycles. The predicted molar refractivity (Wildman–Crippen MR) is 99.7 cm³/mol. The first-order valence-electron chi connectivity index (χ1n) is 8.64. The Bertz CT molecular complexity index is 842. The van der Waals surface area contributed by atoms with E-state index in [1.807, 2.05) is 12.1 Å². The zero-order chi connectivity index (χ0) is 18.9. The maximum atomic E-state index is 12.8. The molecule has 0 bridgehead atoms. The number of hydrogen-bond donors (Lipinski definition) is 1. The lowest BCUT2D eigenvalue weighted by Gasteiger charge is -2.33. The van der Waals surface area contributed by atoms with Crippen LogP contribution in [0.5, 0.6) is 5.75 Å². The fourth-order valence-corrected chi connectivity index (χ4v) is 3.04. The van der Waals surface area contributed by atoms with Crippen LogP contribution >= 0.6 is 0 Å². The van der Waals surface area contributed by atoms with Gasteiger partial charge in [0.15, 0.2) is 5.60 Å². The summed E-state index contributed by atoms with van der Waals surface area (Å²) in [4.78, 5) is 25.2. The first-order chi connectivity index (χ1) is 12.3. The van der Waals surface area contributed by atoms with Crippen LogP contribution < -0.4 is 10.1 Å². The van der Waals surface area contributed by atoms with E-state index in [0.29, 0.717) is 29.3 Å². The van der Waals surface area contributed by atoms with E-state index >= 15 is 0 Å². The molecule has 0 aromatic heterocycles. The number of hydrogen-bond acceptors (Lipinski definition) is 4. The second-order valence-electron chi connectivity index (χ2n) is 7.05. The largest absolute Gasteiger partial charge is 0.497 e. The smallest absolute Gasteiger partial charge is 0.339 e. The van der Waals surface area contributed by atoms with E-state index in [0.717, 1.165) is 11.1 Å². The molecule has 0 saturated heterocycles. The van der Waals surface area contributed by atoms with Crippen molar-refractivity contribution in [2.45, 2.75) is 38.7 Å². The van der Waals surface area contributed by atoms with Gasteiger partial charge in [0.2, 0.25) is 0 Å². The number of amides is 1. The Balaban J connectivity index is 1.84. The molecule has 1 atom stereocenters. The van der Waals surface area contributed by atoms with Gasteiger partial charge < -0.3 is 14.8 Å². The normalized spacial score (nSPS) is 18.9. The minimum atomic E-state index is -1.25. The van der Waals surface area contributed by atoms with E-state index in [1.54, 1.807) is 44.4 Å². The summed E-state index contributed by atoms with van der Waals surface area (Å²) < 4.78 is 10.6. The molecule has 0 saturated carbocycles. The minimum Gasteiger partial charge on any atom is -0.497 e. The average Bonchev–Trinajstić information content (AvgIpc) is 2.61. The number of fused-ring (bicyclic) bond motifs is 1. The Morgan fingerprint density at radius 1 is 1.19 bits per heavy atom. The van der Waals surface area contributed by atoms with Gasteiger partial charge in [0.25, 0.3) is 5.91 Å². The third-order valence-electron chi connectivity index (χ3n) is 4.69. The summed E-state index contributed by atoms with van der Waals surface area (Å²) in [5.41, 5.74) is 1.88. The van der Waals surface area contributed by atoms with Crippen molar-refractivity contribution in [3.8, 4) is 5.75 Å². The Morgan fingerprint density at radius 2 is 1.88 bits per heavy atom. The van der Waals surface area contributed by atoms with Crippen LogP contribution in [0, 0.1) is 0 Å². The number of cyclic esters (lactones) is 1. The van der Waals surface area contributed by atoms with Crippen molar-refractivity contribution < 1.29 is 19.1 Å². The van der Waals surface area contributed by atoms with Crippen molar-refractivity contribution in [1.82, 2.24) is 0 Å². The topological polar surface area (TPSA) is 64.6 Å². The van der Waals surface area contributed by atoms with Crippen molar-refractivity contribution in [3.05, 3.63) is 59.2 Å².